The highest BCUT2D eigenvalue weighted by Crippen LogP contribution is 2.08. The van der Waals surface area contributed by atoms with E-state index < -0.39 is 17.5 Å². The zero-order valence-electron chi connectivity index (χ0n) is 10.7. The predicted molar refractivity (Wildman–Crippen MR) is 72.5 cm³/mol. The molecule has 0 unspecified atom stereocenters. The van der Waals surface area contributed by atoms with Crippen molar-refractivity contribution in [3.63, 3.8) is 0 Å². The first-order chi connectivity index (χ1) is 9.59. The number of rotatable bonds is 3. The van der Waals surface area contributed by atoms with E-state index in [-0.39, 0.29) is 11.1 Å². The van der Waals surface area contributed by atoms with Gasteiger partial charge in [0.1, 0.15) is 11.6 Å². The maximum absolute atomic E-state index is 13.5. The summed E-state index contributed by atoms with van der Waals surface area (Å²) in [6.45, 7) is 1.56. The fraction of sp³-hybridized carbons (Fsp3) is 0.0667. The predicted octanol–water partition coefficient (Wildman–Crippen LogP) is 3.12. The van der Waals surface area contributed by atoms with E-state index in [2.05, 4.69) is 10.5 Å². The molecular formula is C15H12F2N2O. The Morgan fingerprint density at radius 1 is 0.950 bits per heavy atom. The summed E-state index contributed by atoms with van der Waals surface area (Å²) in [7, 11) is 0. The quantitative estimate of drug-likeness (QED) is 0.678. The van der Waals surface area contributed by atoms with E-state index in [1.165, 1.54) is 24.3 Å². The topological polar surface area (TPSA) is 41.5 Å². The molecule has 0 heterocycles. The fourth-order valence-electron chi connectivity index (χ4n) is 1.66. The van der Waals surface area contributed by atoms with Crippen molar-refractivity contribution in [2.45, 2.75) is 6.92 Å². The molecular weight excluding hydrogens is 262 g/mol. The molecule has 0 saturated heterocycles. The summed E-state index contributed by atoms with van der Waals surface area (Å²) < 4.78 is 26.9. The molecule has 2 aromatic carbocycles. The lowest BCUT2D eigenvalue weighted by molar-refractivity contribution is 0.0951. The van der Waals surface area contributed by atoms with Gasteiger partial charge in [-0.15, -0.1) is 0 Å². The van der Waals surface area contributed by atoms with Crippen molar-refractivity contribution in [1.82, 2.24) is 5.43 Å². The Labute approximate surface area is 114 Å². The third-order valence-electron chi connectivity index (χ3n) is 2.71. The zero-order valence-corrected chi connectivity index (χ0v) is 10.7. The van der Waals surface area contributed by atoms with Crippen LogP contribution in [0.2, 0.25) is 0 Å². The summed E-state index contributed by atoms with van der Waals surface area (Å²) in [5, 5.41) is 3.78. The molecule has 20 heavy (non-hydrogen) atoms. The average molecular weight is 274 g/mol. The first-order valence-corrected chi connectivity index (χ1v) is 5.93. The molecule has 0 spiro atoms. The standard InChI is InChI=1S/C15H12F2N2O/c1-10(11-6-2-4-8-13(11)16)18-19-15(20)12-7-3-5-9-14(12)17/h2-9H,1H3,(H,19,20)/b18-10-. The Morgan fingerprint density at radius 3 is 2.00 bits per heavy atom. The molecule has 3 nitrogen and oxygen atoms in total. The lowest BCUT2D eigenvalue weighted by Gasteiger charge is -2.04. The van der Waals surface area contributed by atoms with E-state index in [0.29, 0.717) is 5.71 Å². The summed E-state index contributed by atoms with van der Waals surface area (Å²) in [6.07, 6.45) is 0. The van der Waals surface area contributed by atoms with Crippen LogP contribution < -0.4 is 5.43 Å². The van der Waals surface area contributed by atoms with E-state index in [1.807, 2.05) is 0 Å². The Kier molecular flexibility index (Phi) is 4.20. The second-order valence-electron chi connectivity index (χ2n) is 4.10. The van der Waals surface area contributed by atoms with Crippen LogP contribution in [0.4, 0.5) is 8.78 Å². The molecule has 2 aromatic rings. The van der Waals surface area contributed by atoms with E-state index in [4.69, 9.17) is 0 Å². The molecule has 2 rings (SSSR count). The van der Waals surface area contributed by atoms with Gasteiger partial charge in [-0.25, -0.2) is 14.2 Å². The number of nitrogens with zero attached hydrogens (tertiary/aromatic N) is 1. The summed E-state index contributed by atoms with van der Waals surface area (Å²) in [4.78, 5) is 11.7. The van der Waals surface area contributed by atoms with Crippen molar-refractivity contribution in [2.75, 3.05) is 0 Å². The van der Waals surface area contributed by atoms with Crippen molar-refractivity contribution in [3.05, 3.63) is 71.3 Å². The molecule has 1 N–H and O–H groups in total. The smallest absolute Gasteiger partial charge is 0.267 e. The van der Waals surface area contributed by atoms with Gasteiger partial charge in [-0.05, 0) is 25.1 Å². The summed E-state index contributed by atoms with van der Waals surface area (Å²) in [5.41, 5.74) is 2.67. The highest BCUT2D eigenvalue weighted by molar-refractivity contribution is 6.01. The minimum atomic E-state index is -0.682. The molecule has 0 radical (unpaired) electrons. The van der Waals surface area contributed by atoms with Crippen molar-refractivity contribution >= 4 is 11.6 Å². The summed E-state index contributed by atoms with van der Waals surface area (Å²) in [5.74, 6) is -1.75. The molecule has 1 amide bonds. The van der Waals surface area contributed by atoms with Crippen molar-refractivity contribution in [1.29, 1.82) is 0 Å². The number of nitrogens with one attached hydrogen (secondary N) is 1. The molecule has 0 aliphatic carbocycles. The number of halogens is 2. The maximum Gasteiger partial charge on any atom is 0.274 e. The van der Waals surface area contributed by atoms with Crippen LogP contribution in [0.1, 0.15) is 22.8 Å². The lowest BCUT2D eigenvalue weighted by Crippen LogP contribution is -2.20. The van der Waals surface area contributed by atoms with Crippen LogP contribution in [0, 0.1) is 11.6 Å². The van der Waals surface area contributed by atoms with Crippen molar-refractivity contribution in [3.8, 4) is 0 Å². The molecule has 102 valence electrons. The molecule has 0 aliphatic rings. The average Bonchev–Trinajstić information content (AvgIpc) is 2.45. The minimum Gasteiger partial charge on any atom is -0.267 e. The van der Waals surface area contributed by atoms with Gasteiger partial charge in [0.25, 0.3) is 5.91 Å². The van der Waals surface area contributed by atoms with Gasteiger partial charge in [0.2, 0.25) is 0 Å². The number of amides is 1. The van der Waals surface area contributed by atoms with E-state index in [0.717, 1.165) is 0 Å². The SMILES string of the molecule is C/C(=N/NC(=O)c1ccccc1F)c1ccccc1F. The van der Waals surface area contributed by atoms with Crippen LogP contribution in [-0.4, -0.2) is 11.6 Å². The Balaban J connectivity index is 2.16. The van der Waals surface area contributed by atoms with Gasteiger partial charge < -0.3 is 0 Å². The normalized spacial score (nSPS) is 11.2. The van der Waals surface area contributed by atoms with Crippen LogP contribution in [0.3, 0.4) is 0 Å². The minimum absolute atomic E-state index is 0.113. The Hall–Kier alpha value is -2.56. The van der Waals surface area contributed by atoms with Gasteiger partial charge in [0.05, 0.1) is 11.3 Å². The van der Waals surface area contributed by atoms with Crippen LogP contribution in [0.25, 0.3) is 0 Å². The van der Waals surface area contributed by atoms with Crippen LogP contribution in [0.5, 0.6) is 0 Å². The highest BCUT2D eigenvalue weighted by atomic mass is 19.1. The third-order valence-corrected chi connectivity index (χ3v) is 2.71. The van der Waals surface area contributed by atoms with Gasteiger partial charge in [0, 0.05) is 5.56 Å². The number of carbonyl (C=O) groups is 1. The largest absolute Gasteiger partial charge is 0.274 e. The van der Waals surface area contributed by atoms with Gasteiger partial charge >= 0.3 is 0 Å². The number of hydrogen-bond acceptors (Lipinski definition) is 2. The second kappa shape index (κ2) is 6.06. The number of hydrogen-bond donors (Lipinski definition) is 1. The molecule has 0 saturated carbocycles. The zero-order chi connectivity index (χ0) is 14.5. The first-order valence-electron chi connectivity index (χ1n) is 5.93. The van der Waals surface area contributed by atoms with E-state index in [1.54, 1.807) is 31.2 Å². The molecule has 5 heteroatoms. The van der Waals surface area contributed by atoms with Gasteiger partial charge in [-0.3, -0.25) is 4.79 Å². The first kappa shape index (κ1) is 13.9. The van der Waals surface area contributed by atoms with E-state index >= 15 is 0 Å². The Bertz CT molecular complexity index is 668. The molecule has 0 aliphatic heterocycles. The van der Waals surface area contributed by atoms with Crippen LogP contribution >= 0.6 is 0 Å². The van der Waals surface area contributed by atoms with Gasteiger partial charge in [0.15, 0.2) is 0 Å². The lowest BCUT2D eigenvalue weighted by atomic mass is 10.1. The Morgan fingerprint density at radius 2 is 1.45 bits per heavy atom. The molecule has 0 aromatic heterocycles. The number of carbonyl (C=O) groups excluding carboxylic acids is 1. The summed E-state index contributed by atoms with van der Waals surface area (Å²) in [6, 6.07) is 11.6. The molecule has 0 atom stereocenters. The van der Waals surface area contributed by atoms with Crippen LogP contribution in [0.15, 0.2) is 53.6 Å². The monoisotopic (exact) mass is 274 g/mol. The van der Waals surface area contributed by atoms with Crippen LogP contribution in [-0.2, 0) is 0 Å². The van der Waals surface area contributed by atoms with Crippen molar-refractivity contribution in [2.24, 2.45) is 5.10 Å². The summed E-state index contributed by atoms with van der Waals surface area (Å²) >= 11 is 0. The molecule has 0 bridgehead atoms. The number of hydrazone groups is 1. The second-order valence-corrected chi connectivity index (χ2v) is 4.10. The highest BCUT2D eigenvalue weighted by Gasteiger charge is 2.10. The maximum atomic E-state index is 13.5. The third kappa shape index (κ3) is 3.06. The molecule has 0 fully saturated rings. The number of benzene rings is 2. The van der Waals surface area contributed by atoms with Gasteiger partial charge in [-0.1, -0.05) is 30.3 Å². The van der Waals surface area contributed by atoms with Crippen molar-refractivity contribution < 1.29 is 13.6 Å². The van der Waals surface area contributed by atoms with E-state index in [9.17, 15) is 13.6 Å². The fourth-order valence-corrected chi connectivity index (χ4v) is 1.66. The van der Waals surface area contributed by atoms with Gasteiger partial charge in [-0.2, -0.15) is 5.10 Å².